The Balaban J connectivity index is 1.82. The highest BCUT2D eigenvalue weighted by Gasteiger charge is 2.59. The van der Waals surface area contributed by atoms with E-state index in [1.807, 2.05) is 13.0 Å². The molecule has 3 rings (SSSR count). The van der Waals surface area contributed by atoms with Crippen LogP contribution in [0.1, 0.15) is 26.7 Å². The van der Waals surface area contributed by atoms with Gasteiger partial charge in [0.1, 0.15) is 12.3 Å². The molecule has 3 aliphatic heterocycles. The third kappa shape index (κ3) is 3.22. The molecule has 5 atom stereocenters. The van der Waals surface area contributed by atoms with Gasteiger partial charge in [0.05, 0.1) is 24.1 Å². The SMILES string of the molecule is C=CCOC(=O)N1CCC[C@H]1C=CC1=C(C(=O)O)N2C(=O)[C@H]([C@@H](C)O)[C@H]2[C@H]1C. The Bertz CT molecular complexity index is 756. The minimum atomic E-state index is -1.17. The fourth-order valence-electron chi connectivity index (χ4n) is 4.46. The van der Waals surface area contributed by atoms with Crippen molar-refractivity contribution in [2.24, 2.45) is 11.8 Å². The standard InChI is InChI=1S/C20H26N2O6/c1-4-10-28-20(27)21-9-5-6-13(21)7-8-14-11(2)16-15(12(3)23)18(24)22(16)17(14)19(25)26/h4,7-8,11-13,15-16,23H,1,5-6,9-10H2,2-3H3,(H,25,26)/t11-,12+,13-,15+,16+/m0/s1. The Kier molecular flexibility index (Phi) is 5.60. The number of aliphatic hydroxyl groups is 1. The molecule has 152 valence electrons. The van der Waals surface area contributed by atoms with Crippen molar-refractivity contribution in [2.75, 3.05) is 13.2 Å². The molecule has 2 amide bonds. The summed E-state index contributed by atoms with van der Waals surface area (Å²) in [6, 6.07) is -0.543. The van der Waals surface area contributed by atoms with Crippen molar-refractivity contribution in [3.05, 3.63) is 36.1 Å². The van der Waals surface area contributed by atoms with Gasteiger partial charge in [-0.25, -0.2) is 9.59 Å². The first-order valence-electron chi connectivity index (χ1n) is 9.50. The molecule has 8 heteroatoms. The van der Waals surface area contributed by atoms with Crippen molar-refractivity contribution >= 4 is 18.0 Å². The summed E-state index contributed by atoms with van der Waals surface area (Å²) in [5.74, 6) is -2.34. The quantitative estimate of drug-likeness (QED) is 0.526. The zero-order valence-electron chi connectivity index (χ0n) is 16.1. The van der Waals surface area contributed by atoms with Gasteiger partial charge in [0.2, 0.25) is 5.91 Å². The molecule has 3 heterocycles. The average molecular weight is 390 g/mol. The zero-order chi connectivity index (χ0) is 20.6. The maximum absolute atomic E-state index is 12.4. The highest BCUT2D eigenvalue weighted by molar-refractivity contribution is 6.00. The van der Waals surface area contributed by atoms with Crippen molar-refractivity contribution in [1.82, 2.24) is 9.80 Å². The van der Waals surface area contributed by atoms with Gasteiger partial charge in [0.25, 0.3) is 0 Å². The number of ether oxygens (including phenoxy) is 1. The minimum Gasteiger partial charge on any atom is -0.477 e. The summed E-state index contributed by atoms with van der Waals surface area (Å²) >= 11 is 0. The van der Waals surface area contributed by atoms with E-state index in [0.29, 0.717) is 12.1 Å². The number of nitrogens with zero attached hydrogens (tertiary/aromatic N) is 2. The van der Waals surface area contributed by atoms with Crippen LogP contribution in [-0.4, -0.2) is 69.3 Å². The number of carboxylic acids is 1. The molecular weight excluding hydrogens is 364 g/mol. The number of carboxylic acid groups (broad SMARTS) is 1. The minimum absolute atomic E-state index is 0.0329. The summed E-state index contributed by atoms with van der Waals surface area (Å²) in [6.45, 7) is 7.64. The summed E-state index contributed by atoms with van der Waals surface area (Å²) in [4.78, 5) is 39.2. The van der Waals surface area contributed by atoms with E-state index in [1.165, 1.54) is 11.0 Å². The highest BCUT2D eigenvalue weighted by atomic mass is 16.6. The van der Waals surface area contributed by atoms with Crippen LogP contribution < -0.4 is 0 Å². The van der Waals surface area contributed by atoms with Crippen LogP contribution in [0.3, 0.4) is 0 Å². The van der Waals surface area contributed by atoms with Crippen molar-refractivity contribution in [3.8, 4) is 0 Å². The molecule has 0 aliphatic carbocycles. The molecule has 28 heavy (non-hydrogen) atoms. The number of rotatable bonds is 6. The maximum Gasteiger partial charge on any atom is 0.410 e. The van der Waals surface area contributed by atoms with Crippen molar-refractivity contribution in [1.29, 1.82) is 0 Å². The van der Waals surface area contributed by atoms with E-state index in [1.54, 1.807) is 17.9 Å². The van der Waals surface area contributed by atoms with E-state index in [0.717, 1.165) is 12.8 Å². The summed E-state index contributed by atoms with van der Waals surface area (Å²) in [7, 11) is 0. The van der Waals surface area contributed by atoms with Crippen LogP contribution in [-0.2, 0) is 14.3 Å². The first-order valence-corrected chi connectivity index (χ1v) is 9.50. The molecule has 0 aromatic carbocycles. The number of carbonyl (C=O) groups excluding carboxylic acids is 2. The van der Waals surface area contributed by atoms with Crippen LogP contribution in [0.4, 0.5) is 4.79 Å². The van der Waals surface area contributed by atoms with E-state index in [2.05, 4.69) is 6.58 Å². The summed E-state index contributed by atoms with van der Waals surface area (Å²) in [5, 5.41) is 19.5. The van der Waals surface area contributed by atoms with Gasteiger partial charge in [0.15, 0.2) is 0 Å². The van der Waals surface area contributed by atoms with Gasteiger partial charge >= 0.3 is 12.1 Å². The molecule has 2 N–H and O–H groups in total. The lowest BCUT2D eigenvalue weighted by atomic mass is 9.77. The van der Waals surface area contributed by atoms with E-state index in [9.17, 15) is 24.6 Å². The Morgan fingerprint density at radius 1 is 1.43 bits per heavy atom. The maximum atomic E-state index is 12.4. The van der Waals surface area contributed by atoms with Gasteiger partial charge in [-0.3, -0.25) is 4.79 Å². The van der Waals surface area contributed by atoms with Crippen LogP contribution in [0.25, 0.3) is 0 Å². The molecule has 2 saturated heterocycles. The topological polar surface area (TPSA) is 107 Å². The Morgan fingerprint density at radius 3 is 2.75 bits per heavy atom. The van der Waals surface area contributed by atoms with Gasteiger partial charge in [-0.1, -0.05) is 31.7 Å². The lowest BCUT2D eigenvalue weighted by Crippen LogP contribution is -2.63. The van der Waals surface area contributed by atoms with Gasteiger partial charge in [-0.05, 0) is 25.3 Å². The average Bonchev–Trinajstić information content (AvgIpc) is 3.19. The normalized spacial score (nSPS) is 30.5. The number of allylic oxidation sites excluding steroid dienone is 1. The van der Waals surface area contributed by atoms with Gasteiger partial charge in [-0.2, -0.15) is 0 Å². The number of aliphatic hydroxyl groups excluding tert-OH is 1. The second-order valence-corrected chi connectivity index (χ2v) is 7.49. The Labute approximate surface area is 163 Å². The molecule has 0 aromatic heterocycles. The van der Waals surface area contributed by atoms with Crippen molar-refractivity contribution in [2.45, 2.75) is 44.9 Å². The lowest BCUT2D eigenvalue weighted by molar-refractivity contribution is -0.163. The number of hydrogen-bond acceptors (Lipinski definition) is 5. The zero-order valence-corrected chi connectivity index (χ0v) is 16.1. The number of carbonyl (C=O) groups is 3. The first-order chi connectivity index (χ1) is 13.3. The first kappa shape index (κ1) is 20.1. The second-order valence-electron chi connectivity index (χ2n) is 7.49. The molecule has 2 fully saturated rings. The van der Waals surface area contributed by atoms with Crippen molar-refractivity contribution < 1.29 is 29.3 Å². The van der Waals surface area contributed by atoms with E-state index >= 15 is 0 Å². The second kappa shape index (κ2) is 7.79. The number of fused-ring (bicyclic) bond motifs is 1. The molecule has 8 nitrogen and oxygen atoms in total. The summed E-state index contributed by atoms with van der Waals surface area (Å²) < 4.78 is 5.10. The monoisotopic (exact) mass is 390 g/mol. The Morgan fingerprint density at radius 2 is 2.14 bits per heavy atom. The predicted octanol–water partition coefficient (Wildman–Crippen LogP) is 1.53. The third-order valence-corrected chi connectivity index (χ3v) is 5.78. The van der Waals surface area contributed by atoms with Crippen LogP contribution in [0.2, 0.25) is 0 Å². The van der Waals surface area contributed by atoms with Gasteiger partial charge in [0, 0.05) is 12.5 Å². The van der Waals surface area contributed by atoms with E-state index < -0.39 is 24.1 Å². The van der Waals surface area contributed by atoms with E-state index in [4.69, 9.17) is 4.74 Å². The molecule has 3 aliphatic rings. The number of amides is 2. The van der Waals surface area contributed by atoms with Gasteiger partial charge < -0.3 is 24.7 Å². The van der Waals surface area contributed by atoms with Crippen LogP contribution in [0, 0.1) is 11.8 Å². The largest absolute Gasteiger partial charge is 0.477 e. The highest BCUT2D eigenvalue weighted by Crippen LogP contribution is 2.47. The number of β-lactam (4-membered cyclic amide) rings is 1. The molecular formula is C20H26N2O6. The smallest absolute Gasteiger partial charge is 0.410 e. The molecule has 0 radical (unpaired) electrons. The van der Waals surface area contributed by atoms with Crippen LogP contribution in [0.15, 0.2) is 36.1 Å². The molecule has 0 spiro atoms. The Hall–Kier alpha value is -2.61. The van der Waals surface area contributed by atoms with Crippen molar-refractivity contribution in [3.63, 3.8) is 0 Å². The van der Waals surface area contributed by atoms with Gasteiger partial charge in [-0.15, -0.1) is 0 Å². The fourth-order valence-corrected chi connectivity index (χ4v) is 4.46. The van der Waals surface area contributed by atoms with Crippen LogP contribution in [0.5, 0.6) is 0 Å². The number of aliphatic carboxylic acids is 1. The molecule has 0 saturated carbocycles. The number of likely N-dealkylation sites (tertiary alicyclic amines) is 1. The van der Waals surface area contributed by atoms with E-state index in [-0.39, 0.29) is 36.2 Å². The number of hydrogen-bond donors (Lipinski definition) is 2. The fraction of sp³-hybridized carbons (Fsp3) is 0.550. The molecule has 0 unspecified atom stereocenters. The lowest BCUT2D eigenvalue weighted by Gasteiger charge is -2.46. The molecule has 0 bridgehead atoms. The summed E-state index contributed by atoms with van der Waals surface area (Å²) in [6.07, 6.45) is 5.35. The summed E-state index contributed by atoms with van der Waals surface area (Å²) in [5.41, 5.74) is 0.509. The predicted molar refractivity (Wildman–Crippen MR) is 100 cm³/mol. The third-order valence-electron chi connectivity index (χ3n) is 5.78. The van der Waals surface area contributed by atoms with Crippen LogP contribution >= 0.6 is 0 Å². The molecule has 0 aromatic rings.